The number of thioether (sulfide) groups is 1. The first-order valence-corrected chi connectivity index (χ1v) is 6.64. The molecule has 1 amide bonds. The normalized spacial score (nSPS) is 28.3. The van der Waals surface area contributed by atoms with Crippen molar-refractivity contribution in [2.24, 2.45) is 5.73 Å². The Bertz CT molecular complexity index is 274. The molecule has 0 aromatic rings. The SMILES string of the molecule is CC1(C)CN(C(=O)C2(N)CCC2)CCS1. The van der Waals surface area contributed by atoms with E-state index in [4.69, 9.17) is 5.73 Å². The Balaban J connectivity index is 2.01. The summed E-state index contributed by atoms with van der Waals surface area (Å²) in [5.74, 6) is 1.22. The van der Waals surface area contributed by atoms with E-state index >= 15 is 0 Å². The monoisotopic (exact) mass is 228 g/mol. The van der Waals surface area contributed by atoms with Crippen molar-refractivity contribution < 1.29 is 4.79 Å². The number of carbonyl (C=O) groups excluding carboxylic acids is 1. The summed E-state index contributed by atoms with van der Waals surface area (Å²) in [6.07, 6.45) is 2.85. The van der Waals surface area contributed by atoms with E-state index in [2.05, 4.69) is 13.8 Å². The largest absolute Gasteiger partial charge is 0.339 e. The molecule has 0 radical (unpaired) electrons. The lowest BCUT2D eigenvalue weighted by atomic mass is 9.76. The van der Waals surface area contributed by atoms with Gasteiger partial charge < -0.3 is 10.6 Å². The molecular formula is C11H20N2OS. The van der Waals surface area contributed by atoms with Crippen LogP contribution in [-0.2, 0) is 4.79 Å². The van der Waals surface area contributed by atoms with Crippen LogP contribution in [0.2, 0.25) is 0 Å². The lowest BCUT2D eigenvalue weighted by Gasteiger charge is -2.44. The van der Waals surface area contributed by atoms with Crippen LogP contribution in [0.25, 0.3) is 0 Å². The third-order valence-electron chi connectivity index (χ3n) is 3.38. The van der Waals surface area contributed by atoms with E-state index < -0.39 is 5.54 Å². The van der Waals surface area contributed by atoms with Crippen LogP contribution in [0, 0.1) is 0 Å². The van der Waals surface area contributed by atoms with Gasteiger partial charge in [0.15, 0.2) is 0 Å². The van der Waals surface area contributed by atoms with E-state index in [0.29, 0.717) is 0 Å². The summed E-state index contributed by atoms with van der Waals surface area (Å²) in [4.78, 5) is 14.1. The Morgan fingerprint density at radius 1 is 1.40 bits per heavy atom. The van der Waals surface area contributed by atoms with Crippen LogP contribution < -0.4 is 5.73 Å². The molecule has 0 bridgehead atoms. The summed E-state index contributed by atoms with van der Waals surface area (Å²) in [5.41, 5.74) is 5.55. The van der Waals surface area contributed by atoms with E-state index in [-0.39, 0.29) is 10.7 Å². The summed E-state index contributed by atoms with van der Waals surface area (Å²) in [6.45, 7) is 6.10. The minimum Gasteiger partial charge on any atom is -0.339 e. The number of hydrogen-bond acceptors (Lipinski definition) is 3. The van der Waals surface area contributed by atoms with Gasteiger partial charge in [-0.1, -0.05) is 0 Å². The number of hydrogen-bond donors (Lipinski definition) is 1. The highest BCUT2D eigenvalue weighted by Gasteiger charge is 2.44. The fourth-order valence-electron chi connectivity index (χ4n) is 2.28. The van der Waals surface area contributed by atoms with Gasteiger partial charge in [-0.25, -0.2) is 0 Å². The van der Waals surface area contributed by atoms with Crippen LogP contribution >= 0.6 is 11.8 Å². The first kappa shape index (κ1) is 11.3. The Morgan fingerprint density at radius 2 is 2.07 bits per heavy atom. The average molecular weight is 228 g/mol. The summed E-state index contributed by atoms with van der Waals surface area (Å²) in [7, 11) is 0. The maximum absolute atomic E-state index is 12.2. The van der Waals surface area contributed by atoms with Crippen molar-refractivity contribution in [2.45, 2.75) is 43.4 Å². The van der Waals surface area contributed by atoms with Crippen molar-refractivity contribution in [3.63, 3.8) is 0 Å². The van der Waals surface area contributed by atoms with Crippen molar-refractivity contribution in [2.75, 3.05) is 18.8 Å². The number of rotatable bonds is 1. The molecule has 0 spiro atoms. The zero-order valence-corrected chi connectivity index (χ0v) is 10.4. The zero-order valence-electron chi connectivity index (χ0n) is 9.58. The van der Waals surface area contributed by atoms with Gasteiger partial charge in [0.1, 0.15) is 0 Å². The highest BCUT2D eigenvalue weighted by Crippen LogP contribution is 2.35. The van der Waals surface area contributed by atoms with Gasteiger partial charge in [0, 0.05) is 23.6 Å². The van der Waals surface area contributed by atoms with Crippen LogP contribution in [0.1, 0.15) is 33.1 Å². The van der Waals surface area contributed by atoms with Gasteiger partial charge in [-0.3, -0.25) is 4.79 Å². The molecule has 1 heterocycles. The van der Waals surface area contributed by atoms with E-state index in [1.165, 1.54) is 0 Å². The van der Waals surface area contributed by atoms with Crippen molar-refractivity contribution in [3.8, 4) is 0 Å². The molecule has 1 aliphatic carbocycles. The molecule has 1 saturated heterocycles. The molecule has 2 rings (SSSR count). The lowest BCUT2D eigenvalue weighted by molar-refractivity contribution is -0.140. The van der Waals surface area contributed by atoms with E-state index in [0.717, 1.165) is 38.1 Å². The van der Waals surface area contributed by atoms with Crippen molar-refractivity contribution in [1.29, 1.82) is 0 Å². The molecule has 1 saturated carbocycles. The summed E-state index contributed by atoms with van der Waals surface area (Å²) in [6, 6.07) is 0. The van der Waals surface area contributed by atoms with E-state index in [9.17, 15) is 4.79 Å². The summed E-state index contributed by atoms with van der Waals surface area (Å²) in [5, 5.41) is 0. The van der Waals surface area contributed by atoms with Gasteiger partial charge >= 0.3 is 0 Å². The highest BCUT2D eigenvalue weighted by atomic mass is 32.2. The molecule has 0 atom stereocenters. The summed E-state index contributed by atoms with van der Waals surface area (Å²) >= 11 is 1.94. The molecule has 1 aliphatic heterocycles. The van der Waals surface area contributed by atoms with E-state index in [1.54, 1.807) is 0 Å². The fraction of sp³-hybridized carbons (Fsp3) is 0.909. The first-order valence-electron chi connectivity index (χ1n) is 5.65. The van der Waals surface area contributed by atoms with Crippen molar-refractivity contribution >= 4 is 17.7 Å². The van der Waals surface area contributed by atoms with Gasteiger partial charge in [0.25, 0.3) is 0 Å². The Hall–Kier alpha value is -0.220. The molecule has 0 aromatic carbocycles. The quantitative estimate of drug-likeness (QED) is 0.734. The predicted octanol–water partition coefficient (Wildman–Crippen LogP) is 1.22. The number of nitrogens with two attached hydrogens (primary N) is 1. The molecule has 0 unspecified atom stereocenters. The van der Waals surface area contributed by atoms with E-state index in [1.807, 2.05) is 16.7 Å². The van der Waals surface area contributed by atoms with Crippen LogP contribution in [0.5, 0.6) is 0 Å². The first-order chi connectivity index (χ1) is 6.93. The average Bonchev–Trinajstić information content (AvgIpc) is 2.11. The maximum atomic E-state index is 12.2. The van der Waals surface area contributed by atoms with Crippen molar-refractivity contribution in [3.05, 3.63) is 0 Å². The number of amides is 1. The fourth-order valence-corrected chi connectivity index (χ4v) is 3.39. The standard InChI is InChI=1S/C11H20N2OS/c1-10(2)8-13(6-7-15-10)9(14)11(12)4-3-5-11/h3-8,12H2,1-2H3. The van der Waals surface area contributed by atoms with Crippen LogP contribution in [0.4, 0.5) is 0 Å². The Morgan fingerprint density at radius 3 is 2.53 bits per heavy atom. The molecule has 0 aromatic heterocycles. The lowest BCUT2D eigenvalue weighted by Crippen LogP contribution is -2.62. The minimum atomic E-state index is -0.516. The summed E-state index contributed by atoms with van der Waals surface area (Å²) < 4.78 is 0.189. The second-order valence-corrected chi connectivity index (χ2v) is 7.15. The number of nitrogens with zero attached hydrogens (tertiary/aromatic N) is 1. The Labute approximate surface area is 95.8 Å². The molecular weight excluding hydrogens is 208 g/mol. The van der Waals surface area contributed by atoms with Gasteiger partial charge in [-0.2, -0.15) is 11.8 Å². The number of carbonyl (C=O) groups is 1. The zero-order chi connectivity index (χ0) is 11.1. The topological polar surface area (TPSA) is 46.3 Å². The second kappa shape index (κ2) is 3.67. The van der Waals surface area contributed by atoms with Crippen molar-refractivity contribution in [1.82, 2.24) is 4.90 Å². The van der Waals surface area contributed by atoms with Gasteiger partial charge in [-0.15, -0.1) is 0 Å². The van der Waals surface area contributed by atoms with Gasteiger partial charge in [0.05, 0.1) is 5.54 Å². The third-order valence-corrected chi connectivity index (χ3v) is 4.68. The van der Waals surface area contributed by atoms with Gasteiger partial charge in [0.2, 0.25) is 5.91 Å². The van der Waals surface area contributed by atoms with Gasteiger partial charge in [-0.05, 0) is 33.1 Å². The molecule has 2 fully saturated rings. The van der Waals surface area contributed by atoms with Crippen LogP contribution in [-0.4, -0.2) is 39.9 Å². The molecule has 3 nitrogen and oxygen atoms in total. The minimum absolute atomic E-state index is 0.183. The smallest absolute Gasteiger partial charge is 0.242 e. The predicted molar refractivity (Wildman–Crippen MR) is 63.9 cm³/mol. The third kappa shape index (κ3) is 2.16. The van der Waals surface area contributed by atoms with Crippen LogP contribution in [0.3, 0.4) is 0 Å². The molecule has 86 valence electrons. The Kier molecular flexibility index (Phi) is 2.75. The molecule has 4 heteroatoms. The van der Waals surface area contributed by atoms with Crippen LogP contribution in [0.15, 0.2) is 0 Å². The second-order valence-electron chi connectivity index (χ2n) is 5.34. The highest BCUT2D eigenvalue weighted by molar-refractivity contribution is 8.00. The molecule has 2 aliphatic rings. The molecule has 15 heavy (non-hydrogen) atoms. The maximum Gasteiger partial charge on any atom is 0.242 e. The molecule has 2 N–H and O–H groups in total.